The third-order valence-corrected chi connectivity index (χ3v) is 7.50. The van der Waals surface area contributed by atoms with Crippen LogP contribution in [0.3, 0.4) is 0 Å². The molecule has 0 aromatic heterocycles. The van der Waals surface area contributed by atoms with Crippen LogP contribution in [0.2, 0.25) is 0 Å². The van der Waals surface area contributed by atoms with E-state index in [1.54, 1.807) is 13.2 Å². The molecular weight excluding hydrogens is 471 g/mol. The van der Waals surface area contributed by atoms with Gasteiger partial charge >= 0.3 is 7.82 Å². The number of carbonyl (C=O) groups excluding carboxylic acids is 1. The number of alkyl halides is 1. The molecule has 0 radical (unpaired) electrons. The van der Waals surface area contributed by atoms with Crippen LogP contribution >= 0.6 is 31.2 Å². The Morgan fingerprint density at radius 3 is 2.55 bits per heavy atom. The fourth-order valence-electron chi connectivity index (χ4n) is 4.37. The van der Waals surface area contributed by atoms with E-state index in [9.17, 15) is 19.6 Å². The lowest BCUT2D eigenvalue weighted by Gasteiger charge is -2.45. The van der Waals surface area contributed by atoms with Crippen LogP contribution in [0.1, 0.15) is 33.1 Å². The van der Waals surface area contributed by atoms with Crippen LogP contribution in [-0.2, 0) is 18.6 Å². The van der Waals surface area contributed by atoms with Crippen LogP contribution in [-0.4, -0.2) is 98.0 Å². The number of aliphatic hydroxyl groups is 2. The summed E-state index contributed by atoms with van der Waals surface area (Å²) in [4.78, 5) is 33.3. The number of phosphoric ester groups is 1. The molecule has 0 aromatic carbocycles. The van der Waals surface area contributed by atoms with Crippen LogP contribution < -0.4 is 5.32 Å². The molecule has 2 heterocycles. The van der Waals surface area contributed by atoms with E-state index < -0.39 is 49.1 Å². The highest BCUT2D eigenvalue weighted by Crippen LogP contribution is 2.43. The fraction of sp³-hybridized carbons (Fsp3) is 0.944. The van der Waals surface area contributed by atoms with Crippen LogP contribution in [0.5, 0.6) is 0 Å². The van der Waals surface area contributed by atoms with Crippen molar-refractivity contribution in [2.24, 2.45) is 5.92 Å². The third-order valence-electron chi connectivity index (χ3n) is 5.87. The van der Waals surface area contributed by atoms with Crippen molar-refractivity contribution in [1.29, 1.82) is 0 Å². The van der Waals surface area contributed by atoms with Gasteiger partial charge in [0, 0.05) is 6.54 Å². The number of likely N-dealkylation sites (N-methyl/N-ethyl adjacent to an activating group) is 1. The molecule has 9 atom stereocenters. The molecule has 1 amide bonds. The van der Waals surface area contributed by atoms with Gasteiger partial charge in [0.1, 0.15) is 29.9 Å². The lowest BCUT2D eigenvalue weighted by molar-refractivity contribution is -0.201. The molecule has 2 aliphatic rings. The number of hydrogen-bond acceptors (Lipinski definition) is 8. The van der Waals surface area contributed by atoms with Crippen LogP contribution in [0.15, 0.2) is 0 Å². The molecule has 0 aromatic rings. The number of aliphatic hydroxyl groups excluding tert-OH is 2. The van der Waals surface area contributed by atoms with E-state index in [-0.39, 0.29) is 11.9 Å². The van der Waals surface area contributed by atoms with Crippen molar-refractivity contribution in [3.63, 3.8) is 0 Å². The van der Waals surface area contributed by atoms with E-state index in [1.807, 2.05) is 11.9 Å². The summed E-state index contributed by atoms with van der Waals surface area (Å²) in [6.45, 7) is 4.57. The summed E-state index contributed by atoms with van der Waals surface area (Å²) < 4.78 is 21.7. The number of nitrogens with one attached hydrogen (secondary N) is 1. The highest BCUT2D eigenvalue weighted by molar-refractivity contribution is 7.99. The molecule has 0 aliphatic carbocycles. The summed E-state index contributed by atoms with van der Waals surface area (Å²) in [6.07, 6.45) is -1.37. The average Bonchev–Trinajstić information content (AvgIpc) is 3.03. The van der Waals surface area contributed by atoms with E-state index in [0.717, 1.165) is 37.6 Å². The first-order valence-corrected chi connectivity index (χ1v) is 13.6. The number of amides is 1. The summed E-state index contributed by atoms with van der Waals surface area (Å²) >= 11 is 7.38. The SMILES string of the molecule is CCC[C@@H]1C[C@@H](C(=O)N[C@@H]([C@H]2O[C@H](SC)[C@H](OP(=O)(O)O)[C@H](O)[C@H]2O)[C@H](C)Cl)N(C)C1. The zero-order valence-electron chi connectivity index (χ0n) is 18.1. The molecule has 0 saturated carbocycles. The van der Waals surface area contributed by atoms with Gasteiger partial charge in [0.25, 0.3) is 0 Å². The standard InChI is InChI=1S/C18H34ClN2O8PS/c1-5-6-10-7-11(21(3)8-10)17(24)20-12(9(2)19)15-13(22)14(23)16(18(28-15)31-4)29-30(25,26)27/h9-16,18,22-23H,5-8H2,1-4H3,(H,20,24)(H2,25,26,27)/t9-,10+,11-,12+,13+,14+,15+,16+,18+/m0/s1. The minimum Gasteiger partial charge on any atom is -0.388 e. The molecule has 31 heavy (non-hydrogen) atoms. The highest BCUT2D eigenvalue weighted by Gasteiger charge is 2.51. The van der Waals surface area contributed by atoms with Gasteiger partial charge in [-0.25, -0.2) is 4.57 Å². The monoisotopic (exact) mass is 504 g/mol. The maximum atomic E-state index is 13.0. The van der Waals surface area contributed by atoms with Crippen molar-refractivity contribution in [2.75, 3.05) is 19.8 Å². The Hall–Kier alpha value is 0.0600. The maximum Gasteiger partial charge on any atom is 0.470 e. The lowest BCUT2D eigenvalue weighted by atomic mass is 9.92. The number of thioether (sulfide) groups is 1. The summed E-state index contributed by atoms with van der Waals surface area (Å²) in [5, 5.41) is 23.4. The van der Waals surface area contributed by atoms with Gasteiger partial charge < -0.3 is 30.1 Å². The number of hydrogen-bond donors (Lipinski definition) is 5. The second-order valence-electron chi connectivity index (χ2n) is 8.30. The molecule has 2 aliphatic heterocycles. The molecule has 0 unspecified atom stereocenters. The minimum absolute atomic E-state index is 0.238. The number of phosphoric acid groups is 1. The summed E-state index contributed by atoms with van der Waals surface area (Å²) in [5.41, 5.74) is -0.992. The van der Waals surface area contributed by atoms with Gasteiger partial charge in [0.15, 0.2) is 0 Å². The van der Waals surface area contributed by atoms with E-state index in [0.29, 0.717) is 5.92 Å². The van der Waals surface area contributed by atoms with Gasteiger partial charge in [0.05, 0.1) is 17.5 Å². The van der Waals surface area contributed by atoms with E-state index in [2.05, 4.69) is 16.8 Å². The summed E-state index contributed by atoms with van der Waals surface area (Å²) in [6, 6.07) is -1.18. The molecule has 2 fully saturated rings. The molecule has 0 spiro atoms. The van der Waals surface area contributed by atoms with Gasteiger partial charge in [-0.05, 0) is 39.0 Å². The number of halogens is 1. The molecule has 2 saturated heterocycles. The van der Waals surface area contributed by atoms with Gasteiger partial charge in [-0.3, -0.25) is 14.2 Å². The summed E-state index contributed by atoms with van der Waals surface area (Å²) in [5.74, 6) is 0.195. The van der Waals surface area contributed by atoms with Crippen molar-refractivity contribution >= 4 is 37.1 Å². The van der Waals surface area contributed by atoms with Gasteiger partial charge in [-0.1, -0.05) is 13.3 Å². The van der Waals surface area contributed by atoms with Crippen molar-refractivity contribution in [2.45, 2.75) is 80.4 Å². The van der Waals surface area contributed by atoms with E-state index >= 15 is 0 Å². The van der Waals surface area contributed by atoms with Crippen molar-refractivity contribution in [3.05, 3.63) is 0 Å². The fourth-order valence-corrected chi connectivity index (χ4v) is 5.93. The Balaban J connectivity index is 2.15. The Labute approximate surface area is 192 Å². The maximum absolute atomic E-state index is 13.0. The van der Waals surface area contributed by atoms with Gasteiger partial charge in [-0.15, -0.1) is 23.4 Å². The van der Waals surface area contributed by atoms with Gasteiger partial charge in [-0.2, -0.15) is 0 Å². The van der Waals surface area contributed by atoms with E-state index in [1.165, 1.54) is 0 Å². The lowest BCUT2D eigenvalue weighted by Crippen LogP contribution is -2.65. The highest BCUT2D eigenvalue weighted by atomic mass is 35.5. The van der Waals surface area contributed by atoms with Crippen molar-refractivity contribution in [1.82, 2.24) is 10.2 Å². The second-order valence-corrected chi connectivity index (χ2v) is 11.1. The van der Waals surface area contributed by atoms with Crippen molar-refractivity contribution in [3.8, 4) is 0 Å². The molecule has 0 bridgehead atoms. The zero-order chi connectivity index (χ0) is 23.5. The van der Waals surface area contributed by atoms with E-state index in [4.69, 9.17) is 26.1 Å². The largest absolute Gasteiger partial charge is 0.470 e. The molecule has 2 rings (SSSR count). The number of nitrogens with zero attached hydrogens (tertiary/aromatic N) is 1. The Bertz CT molecular complexity index is 654. The van der Waals surface area contributed by atoms with Crippen LogP contribution in [0.4, 0.5) is 0 Å². The van der Waals surface area contributed by atoms with Crippen LogP contribution in [0.25, 0.3) is 0 Å². The van der Waals surface area contributed by atoms with Crippen LogP contribution in [0, 0.1) is 5.92 Å². The molecule has 10 nitrogen and oxygen atoms in total. The second kappa shape index (κ2) is 11.5. The number of likely N-dealkylation sites (tertiary alicyclic amines) is 1. The predicted octanol–water partition coefficient (Wildman–Crippen LogP) is 0.506. The minimum atomic E-state index is -4.93. The number of ether oxygens (including phenoxy) is 1. The third kappa shape index (κ3) is 7.02. The first kappa shape index (κ1) is 27.3. The number of carbonyl (C=O) groups is 1. The topological polar surface area (TPSA) is 149 Å². The number of rotatable bonds is 9. The average molecular weight is 505 g/mol. The smallest absolute Gasteiger partial charge is 0.388 e. The Morgan fingerprint density at radius 1 is 1.39 bits per heavy atom. The normalized spacial score (nSPS) is 36.9. The predicted molar refractivity (Wildman–Crippen MR) is 118 cm³/mol. The molecule has 13 heteroatoms. The molecular formula is C18H34ClN2O8PS. The molecule has 182 valence electrons. The summed E-state index contributed by atoms with van der Waals surface area (Å²) in [7, 11) is -3.04. The molecule has 5 N–H and O–H groups in total. The van der Waals surface area contributed by atoms with Gasteiger partial charge in [0.2, 0.25) is 5.91 Å². The first-order valence-electron chi connectivity index (χ1n) is 10.3. The van der Waals surface area contributed by atoms with Crippen molar-refractivity contribution < 1.29 is 38.6 Å². The quantitative estimate of drug-likeness (QED) is 0.222. The zero-order valence-corrected chi connectivity index (χ0v) is 20.6. The first-order chi connectivity index (χ1) is 14.4. The Kier molecular flexibility index (Phi) is 10.1. The Morgan fingerprint density at radius 2 is 2.03 bits per heavy atom.